The number of hydrogen-bond donors (Lipinski definition) is 0. The topological polar surface area (TPSA) is 43.1 Å². The maximum Gasteiger partial charge on any atom is 0.106 e. The second-order valence-electron chi connectivity index (χ2n) is 5.92. The number of benzene rings is 2. The van der Waals surface area contributed by atoms with Gasteiger partial charge in [-0.2, -0.15) is 0 Å². The van der Waals surface area contributed by atoms with Gasteiger partial charge in [0.2, 0.25) is 0 Å². The molecule has 4 heteroatoms. The Kier molecular flexibility index (Phi) is 2.67. The molecule has 5 rings (SSSR count). The molecule has 0 fully saturated rings. The fourth-order valence-corrected chi connectivity index (χ4v) is 3.23. The molecule has 5 aromatic rings. The summed E-state index contributed by atoms with van der Waals surface area (Å²) >= 11 is 0. The monoisotopic (exact) mass is 310 g/mol. The van der Waals surface area contributed by atoms with Crippen molar-refractivity contribution < 1.29 is 0 Å². The first kappa shape index (κ1) is 13.2. The lowest BCUT2D eigenvalue weighted by atomic mass is 10.2. The second kappa shape index (κ2) is 4.86. The fourth-order valence-electron chi connectivity index (χ4n) is 3.23. The van der Waals surface area contributed by atoms with Crippen molar-refractivity contribution in [3.05, 3.63) is 72.6 Å². The first-order valence-electron chi connectivity index (χ1n) is 7.89. The van der Waals surface area contributed by atoms with Crippen molar-refractivity contribution in [2.24, 2.45) is 0 Å². The van der Waals surface area contributed by atoms with Crippen LogP contribution in [0.2, 0.25) is 0 Å². The van der Waals surface area contributed by atoms with E-state index in [2.05, 4.69) is 33.4 Å². The molecule has 24 heavy (non-hydrogen) atoms. The summed E-state index contributed by atoms with van der Waals surface area (Å²) in [6.45, 7) is 2.10. The molecule has 0 bridgehead atoms. The molecule has 114 valence electrons. The Morgan fingerprint density at radius 3 is 2.33 bits per heavy atom. The van der Waals surface area contributed by atoms with E-state index in [9.17, 15) is 0 Å². The van der Waals surface area contributed by atoms with E-state index >= 15 is 0 Å². The summed E-state index contributed by atoms with van der Waals surface area (Å²) in [5, 5.41) is 0. The van der Waals surface area contributed by atoms with Gasteiger partial charge >= 0.3 is 0 Å². The van der Waals surface area contributed by atoms with Crippen LogP contribution in [0.5, 0.6) is 0 Å². The van der Waals surface area contributed by atoms with E-state index in [4.69, 9.17) is 4.98 Å². The molecule has 0 unspecified atom stereocenters. The van der Waals surface area contributed by atoms with Crippen molar-refractivity contribution in [1.29, 1.82) is 0 Å². The first-order valence-corrected chi connectivity index (χ1v) is 7.89. The smallest absolute Gasteiger partial charge is 0.106 e. The van der Waals surface area contributed by atoms with Gasteiger partial charge < -0.3 is 4.40 Å². The molecule has 3 aromatic heterocycles. The molecule has 0 spiro atoms. The van der Waals surface area contributed by atoms with Crippen LogP contribution in [0, 0.1) is 6.92 Å². The molecule has 0 N–H and O–H groups in total. The van der Waals surface area contributed by atoms with Crippen LogP contribution in [0.1, 0.15) is 5.56 Å². The minimum absolute atomic E-state index is 0.869. The lowest BCUT2D eigenvalue weighted by Gasteiger charge is -2.07. The zero-order valence-electron chi connectivity index (χ0n) is 13.1. The van der Waals surface area contributed by atoms with E-state index < -0.39 is 0 Å². The van der Waals surface area contributed by atoms with Crippen LogP contribution in [-0.2, 0) is 0 Å². The number of nitrogens with zero attached hydrogens (tertiary/aromatic N) is 4. The third-order valence-electron chi connectivity index (χ3n) is 4.40. The molecule has 2 aromatic carbocycles. The van der Waals surface area contributed by atoms with Crippen LogP contribution in [-0.4, -0.2) is 19.4 Å². The largest absolute Gasteiger partial charge is 0.304 e. The molecule has 0 amide bonds. The van der Waals surface area contributed by atoms with Gasteiger partial charge in [0.1, 0.15) is 5.69 Å². The highest BCUT2D eigenvalue weighted by Gasteiger charge is 2.13. The summed E-state index contributed by atoms with van der Waals surface area (Å²) in [6, 6.07) is 18.3. The van der Waals surface area contributed by atoms with Crippen molar-refractivity contribution >= 4 is 27.6 Å². The minimum Gasteiger partial charge on any atom is -0.304 e. The van der Waals surface area contributed by atoms with Crippen LogP contribution in [0.15, 0.2) is 67.0 Å². The van der Waals surface area contributed by atoms with Crippen molar-refractivity contribution in [2.75, 3.05) is 0 Å². The van der Waals surface area contributed by atoms with Crippen LogP contribution in [0.4, 0.5) is 0 Å². The average Bonchev–Trinajstić information content (AvgIpc) is 2.98. The zero-order chi connectivity index (χ0) is 16.1. The Balaban J connectivity index is 1.89. The van der Waals surface area contributed by atoms with E-state index in [1.54, 1.807) is 0 Å². The summed E-state index contributed by atoms with van der Waals surface area (Å²) in [4.78, 5) is 13.9. The highest BCUT2D eigenvalue weighted by molar-refractivity contribution is 5.84. The van der Waals surface area contributed by atoms with Crippen LogP contribution in [0.25, 0.3) is 39.0 Å². The van der Waals surface area contributed by atoms with Gasteiger partial charge in [0.15, 0.2) is 0 Å². The summed E-state index contributed by atoms with van der Waals surface area (Å²) in [6.07, 6.45) is 3.77. The second-order valence-corrected chi connectivity index (χ2v) is 5.92. The Bertz CT molecular complexity index is 1220. The molecule has 0 atom stereocenters. The van der Waals surface area contributed by atoms with Crippen molar-refractivity contribution in [2.45, 2.75) is 6.92 Å². The third kappa shape index (κ3) is 1.83. The van der Waals surface area contributed by atoms with Gasteiger partial charge in [0.05, 0.1) is 45.7 Å². The molecule has 0 aliphatic rings. The Morgan fingerprint density at radius 1 is 0.750 bits per heavy atom. The number of aromatic nitrogens is 4. The van der Waals surface area contributed by atoms with Gasteiger partial charge in [0.25, 0.3) is 0 Å². The molecule has 0 saturated heterocycles. The van der Waals surface area contributed by atoms with Crippen LogP contribution < -0.4 is 0 Å². The van der Waals surface area contributed by atoms with Gasteiger partial charge in [-0.3, -0.25) is 9.97 Å². The predicted molar refractivity (Wildman–Crippen MR) is 96.0 cm³/mol. The Hall–Kier alpha value is -3.27. The Labute approximate surface area is 138 Å². The highest BCUT2D eigenvalue weighted by Crippen LogP contribution is 2.28. The van der Waals surface area contributed by atoms with E-state index in [1.165, 1.54) is 5.56 Å². The molecule has 0 aliphatic heterocycles. The number of fused-ring (bicyclic) bond motifs is 4. The van der Waals surface area contributed by atoms with Gasteiger partial charge in [-0.05, 0) is 42.8 Å². The van der Waals surface area contributed by atoms with E-state index in [0.717, 1.165) is 39.0 Å². The lowest BCUT2D eigenvalue weighted by Crippen LogP contribution is -1.95. The van der Waals surface area contributed by atoms with Gasteiger partial charge in [0, 0.05) is 0 Å². The quantitative estimate of drug-likeness (QED) is 0.461. The van der Waals surface area contributed by atoms with Crippen LogP contribution >= 0.6 is 0 Å². The SMILES string of the molecule is Cc1cc(-c2cnc3ccccc3n2)n2c1cnc1ccccc12. The maximum atomic E-state index is 4.81. The molecule has 4 nitrogen and oxygen atoms in total. The molecule has 3 heterocycles. The summed E-state index contributed by atoms with van der Waals surface area (Å²) < 4.78 is 2.22. The number of aryl methyl sites for hydroxylation is 1. The molecule has 0 aliphatic carbocycles. The first-order chi connectivity index (χ1) is 11.8. The van der Waals surface area contributed by atoms with Gasteiger partial charge in [-0.15, -0.1) is 0 Å². The maximum absolute atomic E-state index is 4.81. The number of rotatable bonds is 1. The van der Waals surface area contributed by atoms with Crippen molar-refractivity contribution in [3.8, 4) is 11.4 Å². The fraction of sp³-hybridized carbons (Fsp3) is 0.0500. The van der Waals surface area contributed by atoms with Gasteiger partial charge in [-0.1, -0.05) is 24.3 Å². The molecular formula is C20H14N4. The third-order valence-corrected chi connectivity index (χ3v) is 4.40. The summed E-state index contributed by atoms with van der Waals surface area (Å²) in [5.41, 5.74) is 8.04. The van der Waals surface area contributed by atoms with Gasteiger partial charge in [-0.25, -0.2) is 4.98 Å². The summed E-state index contributed by atoms with van der Waals surface area (Å²) in [7, 11) is 0. The van der Waals surface area contributed by atoms with E-state index in [1.807, 2.05) is 54.9 Å². The summed E-state index contributed by atoms with van der Waals surface area (Å²) in [5.74, 6) is 0. The molecular weight excluding hydrogens is 296 g/mol. The minimum atomic E-state index is 0.869. The standard InChI is InChI=1S/C20H14N4/c1-13-10-19(17-11-21-14-6-2-3-7-15(14)23-17)24-18-9-5-4-8-16(18)22-12-20(13)24/h2-12H,1H3. The number of hydrogen-bond acceptors (Lipinski definition) is 3. The van der Waals surface area contributed by atoms with Crippen molar-refractivity contribution in [3.63, 3.8) is 0 Å². The normalized spacial score (nSPS) is 11.5. The van der Waals surface area contributed by atoms with E-state index in [-0.39, 0.29) is 0 Å². The molecule has 0 radical (unpaired) electrons. The molecule has 0 saturated carbocycles. The highest BCUT2D eigenvalue weighted by atomic mass is 15.0. The van der Waals surface area contributed by atoms with Crippen molar-refractivity contribution in [1.82, 2.24) is 19.4 Å². The predicted octanol–water partition coefficient (Wildman–Crippen LogP) is 4.41. The van der Waals surface area contributed by atoms with Crippen LogP contribution in [0.3, 0.4) is 0 Å². The zero-order valence-corrected chi connectivity index (χ0v) is 13.1. The lowest BCUT2D eigenvalue weighted by molar-refractivity contribution is 1.19. The average molecular weight is 310 g/mol. The van der Waals surface area contributed by atoms with E-state index in [0.29, 0.717) is 0 Å². The Morgan fingerprint density at radius 2 is 1.46 bits per heavy atom. The number of para-hydroxylation sites is 4.